The summed E-state index contributed by atoms with van der Waals surface area (Å²) >= 11 is 3.95. The first-order valence-electron chi connectivity index (χ1n) is 9.77. The molecular formula is C19H32N4OS2. The van der Waals surface area contributed by atoms with Crippen LogP contribution in [0.1, 0.15) is 48.2 Å². The van der Waals surface area contributed by atoms with Gasteiger partial charge < -0.3 is 15.0 Å². The Hall–Kier alpha value is -0.790. The van der Waals surface area contributed by atoms with Crippen LogP contribution < -0.4 is 5.32 Å². The third-order valence-electron chi connectivity index (χ3n) is 5.26. The van der Waals surface area contributed by atoms with E-state index < -0.39 is 0 Å². The summed E-state index contributed by atoms with van der Waals surface area (Å²) in [7, 11) is 3.98. The van der Waals surface area contributed by atoms with Gasteiger partial charge in [-0.2, -0.15) is 11.8 Å². The number of aliphatic imine (C=N–C) groups is 1. The van der Waals surface area contributed by atoms with Crippen molar-refractivity contribution in [1.29, 1.82) is 0 Å². The predicted octanol–water partition coefficient (Wildman–Crippen LogP) is 3.33. The van der Waals surface area contributed by atoms with Crippen molar-refractivity contribution in [1.82, 2.24) is 15.2 Å². The molecule has 26 heavy (non-hydrogen) atoms. The van der Waals surface area contributed by atoms with Crippen molar-refractivity contribution < 1.29 is 4.74 Å². The number of nitrogens with one attached hydrogen (secondary N) is 1. The minimum absolute atomic E-state index is 0.268. The maximum absolute atomic E-state index is 5.58. The zero-order valence-corrected chi connectivity index (χ0v) is 18.0. The van der Waals surface area contributed by atoms with Crippen molar-refractivity contribution in [3.8, 4) is 0 Å². The predicted molar refractivity (Wildman–Crippen MR) is 113 cm³/mol. The molecule has 1 aromatic rings. The Labute approximate surface area is 166 Å². The van der Waals surface area contributed by atoms with Crippen molar-refractivity contribution >= 4 is 29.1 Å². The highest BCUT2D eigenvalue weighted by atomic mass is 32.2. The molecule has 1 N–H and O–H groups in total. The molecule has 0 bridgehead atoms. The van der Waals surface area contributed by atoms with Crippen LogP contribution in [0.4, 0.5) is 0 Å². The molecule has 1 aliphatic carbocycles. The smallest absolute Gasteiger partial charge is 0.193 e. The van der Waals surface area contributed by atoms with Gasteiger partial charge in [0.05, 0.1) is 12.2 Å². The van der Waals surface area contributed by atoms with E-state index in [9.17, 15) is 0 Å². The first-order chi connectivity index (χ1) is 12.7. The van der Waals surface area contributed by atoms with Crippen LogP contribution in [-0.4, -0.2) is 60.2 Å². The lowest BCUT2D eigenvalue weighted by Gasteiger charge is -2.37. The lowest BCUT2D eigenvalue weighted by atomic mass is 9.99. The van der Waals surface area contributed by atoms with Crippen LogP contribution in [0.3, 0.4) is 0 Å². The zero-order chi connectivity index (χ0) is 18.4. The summed E-state index contributed by atoms with van der Waals surface area (Å²) in [6.07, 6.45) is 7.19. The van der Waals surface area contributed by atoms with Gasteiger partial charge in [0.1, 0.15) is 5.01 Å². The van der Waals surface area contributed by atoms with Crippen molar-refractivity contribution in [2.45, 2.75) is 56.7 Å². The minimum atomic E-state index is 0.268. The molecule has 1 aliphatic heterocycles. The van der Waals surface area contributed by atoms with Gasteiger partial charge in [-0.05, 0) is 44.3 Å². The van der Waals surface area contributed by atoms with Gasteiger partial charge in [0.25, 0.3) is 0 Å². The second-order valence-electron chi connectivity index (χ2n) is 7.17. The Bertz CT molecular complexity index is 582. The van der Waals surface area contributed by atoms with E-state index in [-0.39, 0.29) is 4.75 Å². The van der Waals surface area contributed by atoms with Crippen molar-refractivity contribution in [3.63, 3.8) is 0 Å². The van der Waals surface area contributed by atoms with Crippen LogP contribution in [0.25, 0.3) is 0 Å². The van der Waals surface area contributed by atoms with E-state index in [0.29, 0.717) is 0 Å². The van der Waals surface area contributed by atoms with Crippen molar-refractivity contribution in [2.24, 2.45) is 4.99 Å². The van der Waals surface area contributed by atoms with E-state index in [2.05, 4.69) is 40.9 Å². The number of aryl methyl sites for hydroxylation is 2. The fourth-order valence-electron chi connectivity index (χ4n) is 3.80. The second kappa shape index (κ2) is 9.42. The number of aromatic nitrogens is 1. The molecule has 1 aromatic heterocycles. The highest BCUT2D eigenvalue weighted by Crippen LogP contribution is 2.35. The summed E-state index contributed by atoms with van der Waals surface area (Å²) in [5.41, 5.74) is 1.34. The van der Waals surface area contributed by atoms with Crippen LogP contribution >= 0.6 is 23.1 Å². The first-order valence-corrected chi connectivity index (χ1v) is 11.6. The average molecular weight is 397 g/mol. The van der Waals surface area contributed by atoms with Gasteiger partial charge in [0, 0.05) is 43.5 Å². The molecule has 0 amide bonds. The van der Waals surface area contributed by atoms with E-state index in [0.717, 1.165) is 57.3 Å². The molecule has 1 saturated heterocycles. The molecule has 1 fully saturated rings. The number of thioether (sulfide) groups is 1. The standard InChI is InChI=1S/C19H32N4OS2/c1-4-25-19(9-11-24-12-10-19)14-21-18(20-2)23(3)13-17-22-15-7-5-6-8-16(15)26-17/h4-14H2,1-3H3,(H,20,21). The van der Waals surface area contributed by atoms with Crippen LogP contribution in [-0.2, 0) is 24.1 Å². The van der Waals surface area contributed by atoms with E-state index in [1.54, 1.807) is 0 Å². The van der Waals surface area contributed by atoms with Gasteiger partial charge in [0.2, 0.25) is 0 Å². The Kier molecular flexibility index (Phi) is 7.23. The van der Waals surface area contributed by atoms with E-state index >= 15 is 0 Å². The molecular weight excluding hydrogens is 364 g/mol. The third kappa shape index (κ3) is 4.93. The molecule has 0 atom stereocenters. The van der Waals surface area contributed by atoms with E-state index in [1.807, 2.05) is 18.4 Å². The summed E-state index contributed by atoms with van der Waals surface area (Å²) in [4.78, 5) is 13.1. The number of ether oxygens (including phenoxy) is 1. The van der Waals surface area contributed by atoms with Gasteiger partial charge in [-0.3, -0.25) is 4.99 Å². The fourth-order valence-corrected chi connectivity index (χ4v) is 6.25. The number of nitrogens with zero attached hydrogens (tertiary/aromatic N) is 3. The van der Waals surface area contributed by atoms with Gasteiger partial charge in [-0.15, -0.1) is 11.3 Å². The van der Waals surface area contributed by atoms with Gasteiger partial charge in [0.15, 0.2) is 5.96 Å². The summed E-state index contributed by atoms with van der Waals surface area (Å²) in [5.74, 6) is 2.10. The summed E-state index contributed by atoms with van der Waals surface area (Å²) in [6, 6.07) is 0. The second-order valence-corrected chi connectivity index (χ2v) is 10.1. The van der Waals surface area contributed by atoms with E-state index in [1.165, 1.54) is 34.8 Å². The first kappa shape index (κ1) is 20.0. The number of hydrogen-bond acceptors (Lipinski definition) is 5. The van der Waals surface area contributed by atoms with Crippen LogP contribution in [0, 0.1) is 0 Å². The molecule has 0 unspecified atom stereocenters. The number of guanidine groups is 1. The summed E-state index contributed by atoms with van der Waals surface area (Å²) in [5, 5.41) is 4.84. The number of hydrogen-bond donors (Lipinski definition) is 1. The molecule has 3 rings (SSSR count). The Morgan fingerprint density at radius 3 is 2.81 bits per heavy atom. The quantitative estimate of drug-likeness (QED) is 0.590. The molecule has 0 saturated carbocycles. The summed E-state index contributed by atoms with van der Waals surface area (Å²) < 4.78 is 5.85. The van der Waals surface area contributed by atoms with Crippen molar-refractivity contribution in [3.05, 3.63) is 15.6 Å². The molecule has 0 spiro atoms. The molecule has 7 heteroatoms. The highest BCUT2D eigenvalue weighted by Gasteiger charge is 2.33. The highest BCUT2D eigenvalue weighted by molar-refractivity contribution is 8.00. The third-order valence-corrected chi connectivity index (χ3v) is 7.85. The molecule has 0 radical (unpaired) electrons. The van der Waals surface area contributed by atoms with Gasteiger partial charge in [-0.1, -0.05) is 6.92 Å². The molecule has 5 nitrogen and oxygen atoms in total. The Balaban J connectivity index is 1.58. The van der Waals surface area contributed by atoms with Gasteiger partial charge >= 0.3 is 0 Å². The monoisotopic (exact) mass is 396 g/mol. The molecule has 2 aliphatic rings. The molecule has 2 heterocycles. The van der Waals surface area contributed by atoms with Crippen LogP contribution in [0.15, 0.2) is 4.99 Å². The average Bonchev–Trinajstić information content (AvgIpc) is 3.05. The topological polar surface area (TPSA) is 49.8 Å². The molecule has 146 valence electrons. The molecule has 0 aromatic carbocycles. The van der Waals surface area contributed by atoms with Crippen LogP contribution in [0.2, 0.25) is 0 Å². The largest absolute Gasteiger partial charge is 0.381 e. The Morgan fingerprint density at radius 2 is 2.12 bits per heavy atom. The summed E-state index contributed by atoms with van der Waals surface area (Å²) in [6.45, 7) is 5.75. The minimum Gasteiger partial charge on any atom is -0.381 e. The maximum Gasteiger partial charge on any atom is 0.193 e. The van der Waals surface area contributed by atoms with Gasteiger partial charge in [-0.25, -0.2) is 4.98 Å². The lowest BCUT2D eigenvalue weighted by molar-refractivity contribution is 0.0780. The number of thiazole rings is 1. The SMILES string of the molecule is CCSC1(CNC(=NC)N(C)Cc2nc3c(s2)CCCC3)CCOCC1. The Morgan fingerprint density at radius 1 is 1.35 bits per heavy atom. The van der Waals surface area contributed by atoms with Crippen LogP contribution in [0.5, 0.6) is 0 Å². The number of fused-ring (bicyclic) bond motifs is 1. The zero-order valence-electron chi connectivity index (χ0n) is 16.3. The lowest BCUT2D eigenvalue weighted by Crippen LogP contribution is -2.48. The maximum atomic E-state index is 5.58. The van der Waals surface area contributed by atoms with Crippen molar-refractivity contribution in [2.75, 3.05) is 39.6 Å². The fraction of sp³-hybridized carbons (Fsp3) is 0.789. The number of rotatable bonds is 6. The van der Waals surface area contributed by atoms with E-state index in [4.69, 9.17) is 9.72 Å². The normalized spacial score (nSPS) is 19.9.